The van der Waals surface area contributed by atoms with Crippen molar-refractivity contribution < 1.29 is 9.53 Å². The van der Waals surface area contributed by atoms with Crippen LogP contribution in [0.3, 0.4) is 0 Å². The predicted octanol–water partition coefficient (Wildman–Crippen LogP) is 1.33. The summed E-state index contributed by atoms with van der Waals surface area (Å²) >= 11 is 0. The Hall–Kier alpha value is -1.38. The van der Waals surface area contributed by atoms with Gasteiger partial charge in [0.2, 0.25) is 0 Å². The highest BCUT2D eigenvalue weighted by Crippen LogP contribution is 2.12. The molecule has 3 nitrogen and oxygen atoms in total. The normalized spacial score (nSPS) is 9.42. The minimum absolute atomic E-state index is 0.242. The molecule has 0 aliphatic heterocycles. The summed E-state index contributed by atoms with van der Waals surface area (Å²) in [7, 11) is 0. The average molecular weight is 164 g/mol. The van der Waals surface area contributed by atoms with E-state index in [1.165, 1.54) is 0 Å². The van der Waals surface area contributed by atoms with Crippen LogP contribution in [0.25, 0.3) is 0 Å². The van der Waals surface area contributed by atoms with Crippen molar-refractivity contribution in [3.8, 4) is 5.75 Å². The molecule has 1 heterocycles. The van der Waals surface area contributed by atoms with E-state index in [0.29, 0.717) is 12.4 Å². The van der Waals surface area contributed by atoms with Crippen LogP contribution in [0.4, 0.5) is 0 Å². The second kappa shape index (κ2) is 4.49. The van der Waals surface area contributed by atoms with Gasteiger partial charge >= 0.3 is 0 Å². The minimum Gasteiger partial charge on any atom is -0.491 e. The summed E-state index contributed by atoms with van der Waals surface area (Å²) in [5, 5.41) is 0. The van der Waals surface area contributed by atoms with Gasteiger partial charge in [0.15, 0.2) is 5.69 Å². The molecule has 1 aromatic heterocycles. The topological polar surface area (TPSA) is 39.2 Å². The molecule has 3 heteroatoms. The number of hydrogen-bond acceptors (Lipinski definition) is 3. The fourth-order valence-corrected chi connectivity index (χ4v) is 0.796. The lowest BCUT2D eigenvalue weighted by Gasteiger charge is -2.04. The number of aromatic nitrogens is 1. The van der Waals surface area contributed by atoms with Crippen molar-refractivity contribution in [2.75, 3.05) is 6.61 Å². The van der Waals surface area contributed by atoms with Gasteiger partial charge in [-0.05, 0) is 18.6 Å². The Balaban J connectivity index is 2.75. The quantitative estimate of drug-likeness (QED) is 0.673. The number of ether oxygens (including phenoxy) is 1. The Morgan fingerprint density at radius 3 is 3.17 bits per heavy atom. The molecule has 0 unspecified atom stereocenters. The zero-order valence-electron chi connectivity index (χ0n) is 6.91. The van der Waals surface area contributed by atoms with Gasteiger partial charge in [0, 0.05) is 6.20 Å². The van der Waals surface area contributed by atoms with Gasteiger partial charge in [-0.3, -0.25) is 4.79 Å². The van der Waals surface area contributed by atoms with Crippen molar-refractivity contribution >= 4 is 6.29 Å². The first kappa shape index (κ1) is 8.71. The van der Waals surface area contributed by atoms with E-state index in [1.54, 1.807) is 24.6 Å². The van der Waals surface area contributed by atoms with E-state index in [0.717, 1.165) is 6.42 Å². The van der Waals surface area contributed by atoms with E-state index < -0.39 is 0 Å². The average Bonchev–Trinajstić information content (AvgIpc) is 2.15. The van der Waals surface area contributed by atoms with Crippen LogP contribution in [0.5, 0.6) is 5.75 Å². The summed E-state index contributed by atoms with van der Waals surface area (Å²) in [5.74, 6) is 0.509. The molecule has 1 aromatic rings. The molecule has 0 aromatic carbocycles. The smallest absolute Gasteiger partial charge is 0.257 e. The third kappa shape index (κ3) is 2.05. The molecule has 0 saturated heterocycles. The van der Waals surface area contributed by atoms with Crippen LogP contribution in [0.15, 0.2) is 18.3 Å². The predicted molar refractivity (Wildman–Crippen MR) is 44.8 cm³/mol. The number of pyridine rings is 1. The number of rotatable bonds is 4. The lowest BCUT2D eigenvalue weighted by atomic mass is 10.3. The molecular weight excluding hydrogens is 154 g/mol. The SMILES string of the molecule is CCCOc1cccnc1[C]=O. The first-order valence-corrected chi connectivity index (χ1v) is 3.84. The van der Waals surface area contributed by atoms with E-state index in [-0.39, 0.29) is 5.69 Å². The zero-order valence-corrected chi connectivity index (χ0v) is 6.91. The second-order valence-electron chi connectivity index (χ2n) is 2.30. The molecular formula is C9H10NO2. The molecule has 0 N–H and O–H groups in total. The van der Waals surface area contributed by atoms with Crippen molar-refractivity contribution in [2.24, 2.45) is 0 Å². The second-order valence-corrected chi connectivity index (χ2v) is 2.30. The van der Waals surface area contributed by atoms with Crippen LogP contribution in [0.1, 0.15) is 19.0 Å². The monoisotopic (exact) mass is 164 g/mol. The summed E-state index contributed by atoms with van der Waals surface area (Å²) in [5.41, 5.74) is 0.242. The Labute approximate surface area is 71.4 Å². The fourth-order valence-electron chi connectivity index (χ4n) is 0.796. The van der Waals surface area contributed by atoms with Crippen molar-refractivity contribution in [3.63, 3.8) is 0 Å². The van der Waals surface area contributed by atoms with E-state index >= 15 is 0 Å². The number of carbonyl (C=O) groups excluding carboxylic acids is 1. The van der Waals surface area contributed by atoms with Gasteiger partial charge < -0.3 is 4.74 Å². The van der Waals surface area contributed by atoms with Crippen LogP contribution < -0.4 is 4.74 Å². The Morgan fingerprint density at radius 1 is 1.67 bits per heavy atom. The molecule has 0 fully saturated rings. The van der Waals surface area contributed by atoms with Gasteiger partial charge in [0.1, 0.15) is 5.75 Å². The van der Waals surface area contributed by atoms with Gasteiger partial charge in [-0.2, -0.15) is 0 Å². The maximum atomic E-state index is 10.3. The summed E-state index contributed by atoms with van der Waals surface area (Å²) in [6.45, 7) is 2.60. The van der Waals surface area contributed by atoms with Crippen LogP contribution in [0, 0.1) is 0 Å². The number of hydrogen-bond donors (Lipinski definition) is 0. The highest BCUT2D eigenvalue weighted by Gasteiger charge is 2.02. The highest BCUT2D eigenvalue weighted by atomic mass is 16.5. The van der Waals surface area contributed by atoms with E-state index in [1.807, 2.05) is 6.92 Å². The van der Waals surface area contributed by atoms with Gasteiger partial charge in [0.05, 0.1) is 6.61 Å². The zero-order chi connectivity index (χ0) is 8.81. The maximum Gasteiger partial charge on any atom is 0.257 e. The molecule has 0 spiro atoms. The lowest BCUT2D eigenvalue weighted by Crippen LogP contribution is -1.99. The Morgan fingerprint density at radius 2 is 2.50 bits per heavy atom. The standard InChI is InChI=1S/C9H10NO2/c1-2-6-12-9-4-3-5-10-8(9)7-11/h3-5H,2,6H2,1H3. The molecule has 1 rings (SSSR count). The molecule has 1 radical (unpaired) electrons. The van der Waals surface area contributed by atoms with Crippen molar-refractivity contribution in [3.05, 3.63) is 24.0 Å². The fraction of sp³-hybridized carbons (Fsp3) is 0.333. The summed E-state index contributed by atoms with van der Waals surface area (Å²) in [4.78, 5) is 14.1. The molecule has 0 bridgehead atoms. The molecule has 0 aliphatic carbocycles. The van der Waals surface area contributed by atoms with E-state index in [4.69, 9.17) is 4.74 Å². The van der Waals surface area contributed by atoms with Gasteiger partial charge in [-0.15, -0.1) is 0 Å². The molecule has 0 aliphatic rings. The third-order valence-electron chi connectivity index (χ3n) is 1.33. The lowest BCUT2D eigenvalue weighted by molar-refractivity contribution is 0.315. The minimum atomic E-state index is 0.242. The molecule has 63 valence electrons. The Bertz CT molecular complexity index is 260. The first-order chi connectivity index (χ1) is 5.88. The van der Waals surface area contributed by atoms with E-state index in [2.05, 4.69) is 4.98 Å². The maximum absolute atomic E-state index is 10.3. The molecule has 0 amide bonds. The van der Waals surface area contributed by atoms with Crippen LogP contribution in [0.2, 0.25) is 0 Å². The molecule has 12 heavy (non-hydrogen) atoms. The van der Waals surface area contributed by atoms with E-state index in [9.17, 15) is 4.79 Å². The van der Waals surface area contributed by atoms with Crippen molar-refractivity contribution in [1.82, 2.24) is 4.98 Å². The summed E-state index contributed by atoms with van der Waals surface area (Å²) < 4.78 is 5.25. The van der Waals surface area contributed by atoms with Crippen molar-refractivity contribution in [2.45, 2.75) is 13.3 Å². The van der Waals surface area contributed by atoms with Gasteiger partial charge in [-0.25, -0.2) is 4.98 Å². The van der Waals surface area contributed by atoms with Crippen molar-refractivity contribution in [1.29, 1.82) is 0 Å². The van der Waals surface area contributed by atoms with Gasteiger partial charge in [-0.1, -0.05) is 6.92 Å². The van der Waals surface area contributed by atoms with Crippen LogP contribution >= 0.6 is 0 Å². The highest BCUT2D eigenvalue weighted by molar-refractivity contribution is 5.76. The first-order valence-electron chi connectivity index (χ1n) is 3.84. The molecule has 0 saturated carbocycles. The largest absolute Gasteiger partial charge is 0.491 e. The molecule has 0 atom stereocenters. The summed E-state index contributed by atoms with van der Waals surface area (Å²) in [6, 6.07) is 3.44. The van der Waals surface area contributed by atoms with Gasteiger partial charge in [0.25, 0.3) is 6.29 Å². The summed E-state index contributed by atoms with van der Waals surface area (Å²) in [6.07, 6.45) is 4.17. The third-order valence-corrected chi connectivity index (χ3v) is 1.33. The Kier molecular flexibility index (Phi) is 3.26. The number of nitrogens with zero attached hydrogens (tertiary/aromatic N) is 1. The van der Waals surface area contributed by atoms with Crippen LogP contribution in [-0.2, 0) is 4.79 Å². The van der Waals surface area contributed by atoms with Crippen LogP contribution in [-0.4, -0.2) is 17.9 Å².